The van der Waals surface area contributed by atoms with Crippen LogP contribution in [0.5, 0.6) is 0 Å². The second kappa shape index (κ2) is 7.49. The van der Waals surface area contributed by atoms with E-state index in [2.05, 4.69) is 29.4 Å². The van der Waals surface area contributed by atoms with Crippen molar-refractivity contribution < 1.29 is 14.0 Å². The highest BCUT2D eigenvalue weighted by Gasteiger charge is 2.35. The van der Waals surface area contributed by atoms with E-state index in [1.165, 1.54) is 40.5 Å². The van der Waals surface area contributed by atoms with E-state index in [0.717, 1.165) is 4.34 Å². The highest BCUT2D eigenvalue weighted by Crippen LogP contribution is 2.30. The number of rotatable bonds is 5. The summed E-state index contributed by atoms with van der Waals surface area (Å²) >= 11 is 2.89. The Kier molecular flexibility index (Phi) is 5.33. The van der Waals surface area contributed by atoms with Gasteiger partial charge in [-0.3, -0.25) is 9.59 Å². The fraction of sp³-hybridized carbons (Fsp3) is 0.375. The first-order valence-electron chi connectivity index (χ1n) is 7.79. The number of amides is 2. The Labute approximate surface area is 152 Å². The molecule has 0 bridgehead atoms. The van der Waals surface area contributed by atoms with Crippen LogP contribution in [0.4, 0.5) is 15.2 Å². The SMILES string of the molecule is CC(C)Sc1nnc(NC(=O)[C@@H]2CC(=O)N(c3ccc(F)cc3)C2)s1. The topological polar surface area (TPSA) is 75.2 Å². The summed E-state index contributed by atoms with van der Waals surface area (Å²) in [5.74, 6) is -1.24. The van der Waals surface area contributed by atoms with Gasteiger partial charge in [-0.05, 0) is 24.3 Å². The lowest BCUT2D eigenvalue weighted by Gasteiger charge is -2.16. The minimum atomic E-state index is -0.470. The van der Waals surface area contributed by atoms with Gasteiger partial charge in [-0.15, -0.1) is 10.2 Å². The van der Waals surface area contributed by atoms with Crippen LogP contribution in [0.15, 0.2) is 28.6 Å². The van der Waals surface area contributed by atoms with Gasteiger partial charge in [0.25, 0.3) is 0 Å². The molecule has 0 saturated carbocycles. The zero-order valence-electron chi connectivity index (χ0n) is 13.7. The maximum Gasteiger partial charge on any atom is 0.231 e. The number of thioether (sulfide) groups is 1. The van der Waals surface area contributed by atoms with Gasteiger partial charge in [0, 0.05) is 23.9 Å². The van der Waals surface area contributed by atoms with E-state index in [4.69, 9.17) is 0 Å². The second-order valence-electron chi connectivity index (χ2n) is 5.91. The molecule has 0 aliphatic carbocycles. The maximum absolute atomic E-state index is 13.0. The van der Waals surface area contributed by atoms with Crippen molar-refractivity contribution in [1.29, 1.82) is 0 Å². The van der Waals surface area contributed by atoms with Crippen LogP contribution in [0.25, 0.3) is 0 Å². The molecule has 2 amide bonds. The molecule has 1 saturated heterocycles. The van der Waals surface area contributed by atoms with E-state index >= 15 is 0 Å². The van der Waals surface area contributed by atoms with Gasteiger partial charge in [0.1, 0.15) is 5.82 Å². The third-order valence-electron chi connectivity index (χ3n) is 3.61. The number of benzene rings is 1. The van der Waals surface area contributed by atoms with E-state index in [9.17, 15) is 14.0 Å². The van der Waals surface area contributed by atoms with Gasteiger partial charge in [0.2, 0.25) is 16.9 Å². The lowest BCUT2D eigenvalue weighted by Crippen LogP contribution is -2.28. The molecule has 0 spiro atoms. The van der Waals surface area contributed by atoms with E-state index in [1.54, 1.807) is 11.8 Å². The van der Waals surface area contributed by atoms with E-state index < -0.39 is 5.92 Å². The zero-order valence-corrected chi connectivity index (χ0v) is 15.4. The lowest BCUT2D eigenvalue weighted by molar-refractivity contribution is -0.122. The van der Waals surface area contributed by atoms with E-state index in [-0.39, 0.29) is 30.6 Å². The first kappa shape index (κ1) is 17.8. The minimum absolute atomic E-state index is 0.121. The van der Waals surface area contributed by atoms with Gasteiger partial charge in [0.15, 0.2) is 4.34 Å². The third kappa shape index (κ3) is 4.35. The summed E-state index contributed by atoms with van der Waals surface area (Å²) in [6.45, 7) is 4.37. The monoisotopic (exact) mass is 380 g/mol. The summed E-state index contributed by atoms with van der Waals surface area (Å²) in [5, 5.41) is 11.5. The standard InChI is InChI=1S/C16H17FN4O2S2/c1-9(2)24-16-20-19-15(25-16)18-14(23)10-7-13(22)21(8-10)12-5-3-11(17)4-6-12/h3-6,9-10H,7-8H2,1-2H3,(H,18,19,23)/t10-/m1/s1. The van der Waals surface area contributed by atoms with Crippen molar-refractivity contribution in [3.8, 4) is 0 Å². The summed E-state index contributed by atoms with van der Waals surface area (Å²) in [6, 6.07) is 5.66. The normalized spacial score (nSPS) is 17.4. The molecule has 2 heterocycles. The molecule has 1 aromatic heterocycles. The smallest absolute Gasteiger partial charge is 0.231 e. The largest absolute Gasteiger partial charge is 0.312 e. The number of anilines is 2. The molecule has 9 heteroatoms. The Bertz CT molecular complexity index is 779. The fourth-order valence-electron chi connectivity index (χ4n) is 2.47. The quantitative estimate of drug-likeness (QED) is 0.637. The van der Waals surface area contributed by atoms with Crippen molar-refractivity contribution in [1.82, 2.24) is 10.2 Å². The van der Waals surface area contributed by atoms with Gasteiger partial charge in [-0.1, -0.05) is 36.9 Å². The molecule has 1 atom stereocenters. The highest BCUT2D eigenvalue weighted by molar-refractivity contribution is 8.01. The molecule has 132 valence electrons. The van der Waals surface area contributed by atoms with E-state index in [1.807, 2.05) is 0 Å². The molecular formula is C16H17FN4O2S2. The summed E-state index contributed by atoms with van der Waals surface area (Å²) in [5.41, 5.74) is 0.591. The molecule has 3 rings (SSSR count). The van der Waals surface area contributed by atoms with Crippen molar-refractivity contribution in [3.63, 3.8) is 0 Å². The number of hydrogen-bond acceptors (Lipinski definition) is 6. The van der Waals surface area contributed by atoms with Crippen molar-refractivity contribution in [2.75, 3.05) is 16.8 Å². The number of halogens is 1. The van der Waals surface area contributed by atoms with Gasteiger partial charge in [0.05, 0.1) is 5.92 Å². The number of nitrogens with zero attached hydrogens (tertiary/aromatic N) is 3. The van der Waals surface area contributed by atoms with Crippen LogP contribution in [0.1, 0.15) is 20.3 Å². The highest BCUT2D eigenvalue weighted by atomic mass is 32.2. The molecule has 1 fully saturated rings. The van der Waals surface area contributed by atoms with Crippen LogP contribution < -0.4 is 10.2 Å². The Balaban J connectivity index is 1.62. The lowest BCUT2D eigenvalue weighted by atomic mass is 10.1. The predicted octanol–water partition coefficient (Wildman–Crippen LogP) is 3.17. The van der Waals surface area contributed by atoms with Crippen molar-refractivity contribution in [2.45, 2.75) is 29.9 Å². The molecule has 0 unspecified atom stereocenters. The molecule has 2 aromatic rings. The first-order valence-corrected chi connectivity index (χ1v) is 9.49. The summed E-state index contributed by atoms with van der Waals surface area (Å²) in [6.07, 6.45) is 0.121. The number of carbonyl (C=O) groups is 2. The molecular weight excluding hydrogens is 363 g/mol. The predicted molar refractivity (Wildman–Crippen MR) is 96.4 cm³/mol. The second-order valence-corrected chi connectivity index (χ2v) is 8.71. The van der Waals surface area contributed by atoms with Crippen LogP contribution in [0, 0.1) is 11.7 Å². The average Bonchev–Trinajstić information content (AvgIpc) is 3.14. The van der Waals surface area contributed by atoms with Crippen LogP contribution in [0.3, 0.4) is 0 Å². The van der Waals surface area contributed by atoms with Crippen molar-refractivity contribution in [3.05, 3.63) is 30.1 Å². The van der Waals surface area contributed by atoms with Gasteiger partial charge in [-0.2, -0.15) is 0 Å². The van der Waals surface area contributed by atoms with Crippen LogP contribution in [0.2, 0.25) is 0 Å². The first-order chi connectivity index (χ1) is 11.9. The average molecular weight is 380 g/mol. The van der Waals surface area contributed by atoms with Crippen molar-refractivity contribution in [2.24, 2.45) is 5.92 Å². The molecule has 1 aliphatic heterocycles. The minimum Gasteiger partial charge on any atom is -0.312 e. The summed E-state index contributed by atoms with van der Waals surface area (Å²) in [4.78, 5) is 26.1. The summed E-state index contributed by atoms with van der Waals surface area (Å²) < 4.78 is 13.8. The van der Waals surface area contributed by atoms with Gasteiger partial charge in [-0.25, -0.2) is 4.39 Å². The molecule has 0 radical (unpaired) electrons. The molecule has 1 aliphatic rings. The Morgan fingerprint density at radius 1 is 1.36 bits per heavy atom. The maximum atomic E-state index is 13.0. The number of hydrogen-bond donors (Lipinski definition) is 1. The van der Waals surface area contributed by atoms with Crippen LogP contribution in [-0.2, 0) is 9.59 Å². The Hall–Kier alpha value is -2.00. The fourth-order valence-corrected chi connectivity index (χ4v) is 4.45. The molecule has 1 aromatic carbocycles. The number of nitrogens with one attached hydrogen (secondary N) is 1. The van der Waals surface area contributed by atoms with Crippen LogP contribution in [-0.4, -0.2) is 33.8 Å². The zero-order chi connectivity index (χ0) is 18.0. The van der Waals surface area contributed by atoms with Crippen molar-refractivity contribution >= 4 is 45.7 Å². The molecule has 25 heavy (non-hydrogen) atoms. The van der Waals surface area contributed by atoms with Gasteiger partial charge < -0.3 is 10.2 Å². The number of carbonyl (C=O) groups excluding carboxylic acids is 2. The number of aromatic nitrogens is 2. The molecule has 6 nitrogen and oxygen atoms in total. The Morgan fingerprint density at radius 2 is 2.08 bits per heavy atom. The van der Waals surface area contributed by atoms with Crippen LogP contribution >= 0.6 is 23.1 Å². The summed E-state index contributed by atoms with van der Waals surface area (Å²) in [7, 11) is 0. The Morgan fingerprint density at radius 3 is 2.76 bits per heavy atom. The molecule has 1 N–H and O–H groups in total. The van der Waals surface area contributed by atoms with Gasteiger partial charge >= 0.3 is 0 Å². The van der Waals surface area contributed by atoms with E-state index in [0.29, 0.717) is 16.1 Å². The third-order valence-corrected chi connectivity index (χ3v) is 5.53.